The molecule has 3 N–H and O–H groups in total. The number of carboxylic acids is 1. The van der Waals surface area contributed by atoms with Gasteiger partial charge in [-0.2, -0.15) is 0 Å². The summed E-state index contributed by atoms with van der Waals surface area (Å²) < 4.78 is 5.38. The zero-order valence-corrected chi connectivity index (χ0v) is 16.0. The zero-order valence-electron chi connectivity index (χ0n) is 16.0. The first-order valence-electron chi connectivity index (χ1n) is 9.61. The standard InChI is InChI=1S/C22H24N2O5/c25-20(11-8-15-6-9-17(10-7-15)22(27)28)23-14-16-3-1-4-18(13-16)24-21(26)19-5-2-12-29-19/h1,3-4,6-7,9-10,13,19H,2,5,8,11-12,14H2,(H,23,25)(H,24,26)(H,27,28). The van der Waals surface area contributed by atoms with Gasteiger partial charge in [0, 0.05) is 25.3 Å². The molecule has 152 valence electrons. The molecule has 7 heteroatoms. The number of carbonyl (C=O) groups excluding carboxylic acids is 2. The summed E-state index contributed by atoms with van der Waals surface area (Å²) >= 11 is 0. The van der Waals surface area contributed by atoms with Crippen LogP contribution in [0, 0.1) is 0 Å². The van der Waals surface area contributed by atoms with Gasteiger partial charge in [0.15, 0.2) is 0 Å². The monoisotopic (exact) mass is 396 g/mol. The average Bonchev–Trinajstić information content (AvgIpc) is 3.26. The summed E-state index contributed by atoms with van der Waals surface area (Å²) in [6, 6.07) is 13.9. The highest BCUT2D eigenvalue weighted by Gasteiger charge is 2.23. The number of nitrogens with one attached hydrogen (secondary N) is 2. The molecule has 1 heterocycles. The summed E-state index contributed by atoms with van der Waals surface area (Å²) in [5.74, 6) is -1.21. The van der Waals surface area contributed by atoms with Crippen molar-refractivity contribution >= 4 is 23.5 Å². The minimum absolute atomic E-state index is 0.0962. The molecule has 2 amide bonds. The Labute approximate surface area is 169 Å². The molecule has 1 fully saturated rings. The largest absolute Gasteiger partial charge is 0.478 e. The van der Waals surface area contributed by atoms with E-state index in [1.165, 1.54) is 12.1 Å². The van der Waals surface area contributed by atoms with Gasteiger partial charge in [0.1, 0.15) is 6.10 Å². The minimum atomic E-state index is -0.969. The number of anilines is 1. The fraction of sp³-hybridized carbons (Fsp3) is 0.318. The lowest BCUT2D eigenvalue weighted by atomic mass is 10.1. The Hall–Kier alpha value is -3.19. The average molecular weight is 396 g/mol. The minimum Gasteiger partial charge on any atom is -0.478 e. The molecule has 7 nitrogen and oxygen atoms in total. The Balaban J connectivity index is 1.44. The number of aryl methyl sites for hydroxylation is 1. The van der Waals surface area contributed by atoms with Crippen LogP contribution in [0.1, 0.15) is 40.7 Å². The first kappa shape index (κ1) is 20.5. The van der Waals surface area contributed by atoms with E-state index in [9.17, 15) is 14.4 Å². The second-order valence-electron chi connectivity index (χ2n) is 6.97. The van der Waals surface area contributed by atoms with Gasteiger partial charge in [-0.1, -0.05) is 24.3 Å². The highest BCUT2D eigenvalue weighted by atomic mass is 16.5. The predicted molar refractivity (Wildman–Crippen MR) is 108 cm³/mol. The van der Waals surface area contributed by atoms with Gasteiger partial charge in [0.2, 0.25) is 5.91 Å². The molecule has 0 radical (unpaired) electrons. The summed E-state index contributed by atoms with van der Waals surface area (Å²) in [6.45, 7) is 0.980. The molecule has 1 unspecified atom stereocenters. The van der Waals surface area contributed by atoms with Gasteiger partial charge in [-0.3, -0.25) is 9.59 Å². The van der Waals surface area contributed by atoms with Gasteiger partial charge in [0.25, 0.3) is 5.91 Å². The number of carbonyl (C=O) groups is 3. The van der Waals surface area contributed by atoms with Crippen LogP contribution in [-0.4, -0.2) is 35.6 Å². The third kappa shape index (κ3) is 6.15. The van der Waals surface area contributed by atoms with Crippen LogP contribution in [-0.2, 0) is 27.3 Å². The lowest BCUT2D eigenvalue weighted by molar-refractivity contribution is -0.124. The van der Waals surface area contributed by atoms with Crippen LogP contribution in [0.15, 0.2) is 48.5 Å². The second-order valence-corrected chi connectivity index (χ2v) is 6.97. The summed E-state index contributed by atoms with van der Waals surface area (Å²) in [4.78, 5) is 35.1. The van der Waals surface area contributed by atoms with E-state index >= 15 is 0 Å². The van der Waals surface area contributed by atoms with Crippen LogP contribution in [0.4, 0.5) is 5.69 Å². The lowest BCUT2D eigenvalue weighted by Crippen LogP contribution is -2.27. The van der Waals surface area contributed by atoms with Crippen molar-refractivity contribution in [3.63, 3.8) is 0 Å². The van der Waals surface area contributed by atoms with Crippen molar-refractivity contribution in [2.75, 3.05) is 11.9 Å². The van der Waals surface area contributed by atoms with E-state index in [1.54, 1.807) is 18.2 Å². The van der Waals surface area contributed by atoms with Crippen molar-refractivity contribution in [1.82, 2.24) is 5.32 Å². The summed E-state index contributed by atoms with van der Waals surface area (Å²) in [5.41, 5.74) is 2.69. The Kier molecular flexibility index (Phi) is 6.97. The maximum Gasteiger partial charge on any atom is 0.335 e. The number of ether oxygens (including phenoxy) is 1. The van der Waals surface area contributed by atoms with Gasteiger partial charge in [-0.05, 0) is 54.7 Å². The Bertz CT molecular complexity index is 873. The van der Waals surface area contributed by atoms with Crippen molar-refractivity contribution in [1.29, 1.82) is 0 Å². The molecule has 0 spiro atoms. The molecule has 1 atom stereocenters. The topological polar surface area (TPSA) is 105 Å². The first-order chi connectivity index (χ1) is 14.0. The van der Waals surface area contributed by atoms with E-state index in [2.05, 4.69) is 10.6 Å². The summed E-state index contributed by atoms with van der Waals surface area (Å²) in [6.07, 6.45) is 2.09. The van der Waals surface area contributed by atoms with Gasteiger partial charge in [-0.25, -0.2) is 4.79 Å². The number of benzene rings is 2. The maximum absolute atomic E-state index is 12.1. The van der Waals surface area contributed by atoms with Gasteiger partial charge in [-0.15, -0.1) is 0 Å². The Morgan fingerprint density at radius 1 is 1.07 bits per heavy atom. The number of hydrogen-bond acceptors (Lipinski definition) is 4. The maximum atomic E-state index is 12.1. The molecule has 3 rings (SSSR count). The summed E-state index contributed by atoms with van der Waals surface area (Å²) in [5, 5.41) is 14.6. The molecule has 29 heavy (non-hydrogen) atoms. The van der Waals surface area contributed by atoms with Gasteiger partial charge < -0.3 is 20.5 Å². The number of carboxylic acid groups (broad SMARTS) is 1. The van der Waals surface area contributed by atoms with Crippen molar-refractivity contribution in [3.8, 4) is 0 Å². The first-order valence-corrected chi connectivity index (χ1v) is 9.61. The van der Waals surface area contributed by atoms with Gasteiger partial charge in [0.05, 0.1) is 5.56 Å². The fourth-order valence-corrected chi connectivity index (χ4v) is 3.13. The van der Waals surface area contributed by atoms with Crippen LogP contribution in [0.3, 0.4) is 0 Å². The second kappa shape index (κ2) is 9.84. The quantitative estimate of drug-likeness (QED) is 0.636. The molecule has 0 saturated carbocycles. The van der Waals surface area contributed by atoms with Crippen molar-refractivity contribution < 1.29 is 24.2 Å². The lowest BCUT2D eigenvalue weighted by Gasteiger charge is -2.12. The third-order valence-corrected chi connectivity index (χ3v) is 4.75. The van der Waals surface area contributed by atoms with Crippen molar-refractivity contribution in [2.45, 2.75) is 38.3 Å². The SMILES string of the molecule is O=C(CCc1ccc(C(=O)O)cc1)NCc1cccc(NC(=O)C2CCCO2)c1. The highest BCUT2D eigenvalue weighted by Crippen LogP contribution is 2.16. The van der Waals surface area contributed by atoms with Crippen molar-refractivity contribution in [3.05, 3.63) is 65.2 Å². The number of hydrogen-bond donors (Lipinski definition) is 3. The van der Waals surface area contributed by atoms with E-state index < -0.39 is 5.97 Å². The molecule has 0 aromatic heterocycles. The molecule has 0 aliphatic carbocycles. The zero-order chi connectivity index (χ0) is 20.6. The molecular weight excluding hydrogens is 372 g/mol. The Morgan fingerprint density at radius 3 is 2.55 bits per heavy atom. The predicted octanol–water partition coefficient (Wildman–Crippen LogP) is 2.75. The Morgan fingerprint density at radius 2 is 1.86 bits per heavy atom. The number of aromatic carboxylic acids is 1. The van der Waals surface area contributed by atoms with Crippen molar-refractivity contribution in [2.24, 2.45) is 0 Å². The normalized spacial score (nSPS) is 15.7. The molecular formula is C22H24N2O5. The fourth-order valence-electron chi connectivity index (χ4n) is 3.13. The van der Waals surface area contributed by atoms with Crippen LogP contribution in [0.25, 0.3) is 0 Å². The van der Waals surface area contributed by atoms with Crippen LogP contribution < -0.4 is 10.6 Å². The van der Waals surface area contributed by atoms with Crippen LogP contribution in [0.5, 0.6) is 0 Å². The van der Waals surface area contributed by atoms with Crippen LogP contribution in [0.2, 0.25) is 0 Å². The van der Waals surface area contributed by atoms with Gasteiger partial charge >= 0.3 is 5.97 Å². The molecule has 2 aromatic carbocycles. The van der Waals surface area contributed by atoms with E-state index in [0.29, 0.717) is 31.7 Å². The van der Waals surface area contributed by atoms with E-state index in [4.69, 9.17) is 9.84 Å². The van der Waals surface area contributed by atoms with E-state index in [-0.39, 0.29) is 23.5 Å². The number of rotatable bonds is 8. The molecule has 1 saturated heterocycles. The van der Waals surface area contributed by atoms with E-state index in [1.807, 2.05) is 18.2 Å². The smallest absolute Gasteiger partial charge is 0.335 e. The van der Waals surface area contributed by atoms with Crippen LogP contribution >= 0.6 is 0 Å². The molecule has 0 bridgehead atoms. The third-order valence-electron chi connectivity index (χ3n) is 4.75. The molecule has 2 aromatic rings. The summed E-state index contributed by atoms with van der Waals surface area (Å²) in [7, 11) is 0. The number of amides is 2. The van der Waals surface area contributed by atoms with E-state index in [0.717, 1.165) is 24.0 Å². The molecule has 1 aliphatic heterocycles. The molecule has 1 aliphatic rings. The highest BCUT2D eigenvalue weighted by molar-refractivity contribution is 5.94.